The van der Waals surface area contributed by atoms with Gasteiger partial charge in [-0.25, -0.2) is 22.9 Å². The highest BCUT2D eigenvalue weighted by molar-refractivity contribution is 7.89. The molecule has 0 aliphatic rings. The van der Waals surface area contributed by atoms with Crippen molar-refractivity contribution in [1.82, 2.24) is 14.3 Å². The van der Waals surface area contributed by atoms with E-state index >= 15 is 0 Å². The maximum Gasteiger partial charge on any atom is 0.337 e. The highest BCUT2D eigenvalue weighted by atomic mass is 32.2. The Bertz CT molecular complexity index is 678. The predicted molar refractivity (Wildman–Crippen MR) is 70.8 cm³/mol. The predicted octanol–water partition coefficient (Wildman–Crippen LogP) is 0.560. The minimum absolute atomic E-state index is 0.0590. The molecular weight excluding hydrogens is 282 g/mol. The number of pyridine rings is 1. The van der Waals surface area contributed by atoms with E-state index in [0.29, 0.717) is 6.54 Å². The fourth-order valence-electron chi connectivity index (χ4n) is 1.57. The zero-order valence-electron chi connectivity index (χ0n) is 10.4. The van der Waals surface area contributed by atoms with Crippen LogP contribution in [-0.2, 0) is 16.6 Å². The van der Waals surface area contributed by atoms with E-state index in [4.69, 9.17) is 5.11 Å². The van der Waals surface area contributed by atoms with Gasteiger partial charge in [-0.3, -0.25) is 0 Å². The van der Waals surface area contributed by atoms with Crippen LogP contribution in [0.15, 0.2) is 47.9 Å². The van der Waals surface area contributed by atoms with Gasteiger partial charge in [-0.15, -0.1) is 0 Å². The second kappa shape index (κ2) is 5.85. The Kier molecular flexibility index (Phi) is 4.16. The summed E-state index contributed by atoms with van der Waals surface area (Å²) in [5, 5.41) is 8.52. The third kappa shape index (κ3) is 3.43. The van der Waals surface area contributed by atoms with E-state index in [-0.39, 0.29) is 17.1 Å². The lowest BCUT2D eigenvalue weighted by atomic mass is 10.3. The van der Waals surface area contributed by atoms with E-state index in [0.717, 1.165) is 6.20 Å². The Hall–Kier alpha value is -2.19. The third-order valence-corrected chi connectivity index (χ3v) is 3.96. The van der Waals surface area contributed by atoms with Gasteiger partial charge in [-0.2, -0.15) is 0 Å². The summed E-state index contributed by atoms with van der Waals surface area (Å²) in [6.45, 7) is 0.721. The van der Waals surface area contributed by atoms with Crippen molar-refractivity contribution < 1.29 is 18.3 Å². The number of rotatable bonds is 6. The summed E-state index contributed by atoms with van der Waals surface area (Å²) in [5.41, 5.74) is -0.0590. The molecule has 0 aliphatic heterocycles. The number of aromatic carboxylic acids is 1. The number of nitrogens with one attached hydrogen (secondary N) is 1. The fraction of sp³-hybridized carbons (Fsp3) is 0.167. The average molecular weight is 295 g/mol. The van der Waals surface area contributed by atoms with E-state index < -0.39 is 16.0 Å². The molecule has 0 atom stereocenters. The average Bonchev–Trinajstić information content (AvgIpc) is 2.92. The number of carboxylic acid groups (broad SMARTS) is 1. The van der Waals surface area contributed by atoms with E-state index in [1.807, 2.05) is 29.1 Å². The van der Waals surface area contributed by atoms with Crippen LogP contribution in [0.3, 0.4) is 0 Å². The third-order valence-electron chi connectivity index (χ3n) is 2.59. The van der Waals surface area contributed by atoms with Crippen molar-refractivity contribution in [2.45, 2.75) is 11.6 Å². The summed E-state index contributed by atoms with van der Waals surface area (Å²) in [4.78, 5) is 14.3. The molecule has 0 radical (unpaired) electrons. The zero-order valence-corrected chi connectivity index (χ0v) is 11.2. The van der Waals surface area contributed by atoms with Crippen LogP contribution < -0.4 is 4.72 Å². The first-order valence-corrected chi connectivity index (χ1v) is 7.27. The topological polar surface area (TPSA) is 101 Å². The van der Waals surface area contributed by atoms with Crippen molar-refractivity contribution in [3.63, 3.8) is 0 Å². The number of sulfonamides is 1. The summed E-state index contributed by atoms with van der Waals surface area (Å²) < 4.78 is 28.1. The maximum absolute atomic E-state index is 11.9. The van der Waals surface area contributed by atoms with Crippen LogP contribution in [-0.4, -0.2) is 35.6 Å². The molecule has 0 amide bonds. The number of carbonyl (C=O) groups is 1. The minimum Gasteiger partial charge on any atom is -0.478 e. The van der Waals surface area contributed by atoms with Gasteiger partial charge in [0.05, 0.1) is 5.56 Å². The van der Waals surface area contributed by atoms with Crippen LogP contribution in [0.2, 0.25) is 0 Å². The number of hydrogen-bond donors (Lipinski definition) is 2. The van der Waals surface area contributed by atoms with Gasteiger partial charge in [-0.1, -0.05) is 0 Å². The molecule has 0 aliphatic carbocycles. The highest BCUT2D eigenvalue weighted by Crippen LogP contribution is 2.06. The summed E-state index contributed by atoms with van der Waals surface area (Å²) in [6, 6.07) is 6.07. The van der Waals surface area contributed by atoms with Crippen LogP contribution in [0.1, 0.15) is 10.4 Å². The van der Waals surface area contributed by atoms with Crippen molar-refractivity contribution in [2.75, 3.05) is 6.54 Å². The monoisotopic (exact) mass is 295 g/mol. The standard InChI is InChI=1S/C12H13N3O4S/c16-12(17)10-3-4-11(13-9-10)20(18,19)14-5-8-15-6-1-2-7-15/h1-4,6-7,9,14H,5,8H2,(H,16,17). The van der Waals surface area contributed by atoms with Gasteiger partial charge in [0.15, 0.2) is 5.03 Å². The summed E-state index contributed by atoms with van der Waals surface area (Å²) >= 11 is 0. The molecule has 0 unspecified atom stereocenters. The molecule has 2 heterocycles. The molecule has 2 rings (SSSR count). The fourth-order valence-corrected chi connectivity index (χ4v) is 2.51. The molecule has 7 nitrogen and oxygen atoms in total. The molecule has 2 aromatic rings. The van der Waals surface area contributed by atoms with E-state index in [2.05, 4.69) is 9.71 Å². The molecule has 2 N–H and O–H groups in total. The van der Waals surface area contributed by atoms with Crippen molar-refractivity contribution in [3.05, 3.63) is 48.4 Å². The zero-order chi connectivity index (χ0) is 14.6. The van der Waals surface area contributed by atoms with Gasteiger partial charge in [0.2, 0.25) is 0 Å². The summed E-state index contributed by atoms with van der Waals surface area (Å²) in [6.07, 6.45) is 4.67. The van der Waals surface area contributed by atoms with Crippen molar-refractivity contribution in [1.29, 1.82) is 0 Å². The van der Waals surface area contributed by atoms with Gasteiger partial charge >= 0.3 is 5.97 Å². The van der Waals surface area contributed by atoms with E-state index in [9.17, 15) is 13.2 Å². The number of carboxylic acids is 1. The first-order chi connectivity index (χ1) is 9.49. The molecule has 8 heteroatoms. The van der Waals surface area contributed by atoms with Gasteiger partial charge in [0, 0.05) is 31.7 Å². The second-order valence-electron chi connectivity index (χ2n) is 4.01. The lowest BCUT2D eigenvalue weighted by Gasteiger charge is -2.07. The molecule has 0 fully saturated rings. The number of nitrogens with zero attached hydrogens (tertiary/aromatic N) is 2. The Morgan fingerprint density at radius 2 is 2.00 bits per heavy atom. The molecule has 0 spiro atoms. The molecule has 2 aromatic heterocycles. The van der Waals surface area contributed by atoms with Gasteiger partial charge < -0.3 is 9.67 Å². The second-order valence-corrected chi connectivity index (χ2v) is 5.72. The largest absolute Gasteiger partial charge is 0.478 e. The number of aromatic nitrogens is 2. The first-order valence-electron chi connectivity index (χ1n) is 5.79. The van der Waals surface area contributed by atoms with E-state index in [1.165, 1.54) is 12.1 Å². The van der Waals surface area contributed by atoms with Crippen LogP contribution in [0.4, 0.5) is 0 Å². The SMILES string of the molecule is O=C(O)c1ccc(S(=O)(=O)NCCn2cccc2)nc1. The first kappa shape index (κ1) is 14.2. The van der Waals surface area contributed by atoms with Crippen LogP contribution in [0.25, 0.3) is 0 Å². The Morgan fingerprint density at radius 1 is 1.30 bits per heavy atom. The number of hydrogen-bond acceptors (Lipinski definition) is 4. The smallest absolute Gasteiger partial charge is 0.337 e. The quantitative estimate of drug-likeness (QED) is 0.811. The van der Waals surface area contributed by atoms with Crippen molar-refractivity contribution in [2.24, 2.45) is 0 Å². The van der Waals surface area contributed by atoms with Crippen LogP contribution >= 0.6 is 0 Å². The summed E-state index contributed by atoms with van der Waals surface area (Å²) in [5.74, 6) is -1.15. The minimum atomic E-state index is -3.72. The van der Waals surface area contributed by atoms with E-state index in [1.54, 1.807) is 0 Å². The van der Waals surface area contributed by atoms with Crippen molar-refractivity contribution in [3.8, 4) is 0 Å². The normalized spacial score (nSPS) is 11.4. The highest BCUT2D eigenvalue weighted by Gasteiger charge is 2.15. The van der Waals surface area contributed by atoms with Crippen LogP contribution in [0, 0.1) is 0 Å². The van der Waals surface area contributed by atoms with Gasteiger partial charge in [0.1, 0.15) is 0 Å². The van der Waals surface area contributed by atoms with Gasteiger partial charge in [-0.05, 0) is 24.3 Å². The van der Waals surface area contributed by atoms with Crippen molar-refractivity contribution >= 4 is 16.0 Å². The molecule has 0 bridgehead atoms. The molecule has 0 saturated carbocycles. The molecular formula is C12H13N3O4S. The lowest BCUT2D eigenvalue weighted by Crippen LogP contribution is -2.28. The molecule has 106 valence electrons. The van der Waals surface area contributed by atoms with Gasteiger partial charge in [0.25, 0.3) is 10.0 Å². The van der Waals surface area contributed by atoms with Crippen LogP contribution in [0.5, 0.6) is 0 Å². The Balaban J connectivity index is 2.00. The maximum atomic E-state index is 11.9. The Morgan fingerprint density at radius 3 is 2.55 bits per heavy atom. The lowest BCUT2D eigenvalue weighted by molar-refractivity contribution is 0.0696. The molecule has 0 saturated heterocycles. The Labute approximate surface area is 115 Å². The molecule has 20 heavy (non-hydrogen) atoms. The summed E-state index contributed by atoms with van der Waals surface area (Å²) in [7, 11) is -3.72. The molecule has 0 aromatic carbocycles.